The molecule has 0 saturated carbocycles. The number of hydrogen-bond acceptors (Lipinski definition) is 2. The van der Waals surface area contributed by atoms with Crippen molar-refractivity contribution in [3.63, 3.8) is 0 Å². The fourth-order valence-electron chi connectivity index (χ4n) is 0.782. The third kappa shape index (κ3) is 9.47. The maximum Gasteiger partial charge on any atom is 0.335 e. The first-order chi connectivity index (χ1) is 5.56. The highest BCUT2D eigenvalue weighted by atomic mass is 32.2. The minimum atomic E-state index is -4.08. The Bertz CT molecular complexity index is 256. The Morgan fingerprint density at radius 3 is 2.42 bits per heavy atom. The molecule has 0 radical (unpaired) electrons. The van der Waals surface area contributed by atoms with Crippen LogP contribution >= 0.6 is 0 Å². The zero-order valence-corrected chi connectivity index (χ0v) is 8.02. The zero-order chi connectivity index (χ0) is 9.45. The van der Waals surface area contributed by atoms with Crippen LogP contribution in [0, 0.1) is 11.2 Å². The maximum absolute atomic E-state index is 10.1. The molecule has 0 rings (SSSR count). The molecule has 0 saturated heterocycles. The van der Waals surface area contributed by atoms with Crippen LogP contribution in [0.15, 0.2) is 0 Å². The van der Waals surface area contributed by atoms with Gasteiger partial charge in [-0.3, -0.25) is 4.55 Å². The van der Waals surface area contributed by atoms with Gasteiger partial charge in [0.2, 0.25) is 0 Å². The van der Waals surface area contributed by atoms with Crippen molar-refractivity contribution >= 4 is 10.1 Å². The molecule has 0 aliphatic rings. The molecule has 0 heterocycles. The first kappa shape index (κ1) is 11.5. The van der Waals surface area contributed by atoms with Crippen molar-refractivity contribution in [2.75, 3.05) is 0 Å². The molecule has 0 fully saturated rings. The Morgan fingerprint density at radius 1 is 1.25 bits per heavy atom. The minimum Gasteiger partial charge on any atom is -0.276 e. The number of unbranched alkanes of at least 4 members (excludes halogenated alkanes) is 4. The van der Waals surface area contributed by atoms with E-state index in [0.717, 1.165) is 25.7 Å². The van der Waals surface area contributed by atoms with E-state index in [4.69, 9.17) is 4.55 Å². The predicted octanol–water partition coefficient (Wildman–Crippen LogP) is 1.81. The molecule has 0 spiro atoms. The van der Waals surface area contributed by atoms with Gasteiger partial charge in [0.25, 0.3) is 0 Å². The van der Waals surface area contributed by atoms with Crippen molar-refractivity contribution < 1.29 is 13.0 Å². The van der Waals surface area contributed by atoms with Crippen LogP contribution in [0.25, 0.3) is 0 Å². The van der Waals surface area contributed by atoms with Crippen molar-refractivity contribution in [2.24, 2.45) is 0 Å². The second-order valence-corrected chi connectivity index (χ2v) is 3.72. The first-order valence-electron chi connectivity index (χ1n) is 4.03. The molecule has 0 aliphatic carbocycles. The lowest BCUT2D eigenvalue weighted by Gasteiger charge is -1.91. The van der Waals surface area contributed by atoms with Crippen LogP contribution in [0.4, 0.5) is 0 Å². The van der Waals surface area contributed by atoms with Gasteiger partial charge >= 0.3 is 10.1 Å². The van der Waals surface area contributed by atoms with E-state index in [1.165, 1.54) is 0 Å². The standard InChI is InChI=1S/C8H14O3S/c1-2-3-4-5-6-7-8-12(9,10)11/h2-6H2,1H3,(H,9,10,11). The van der Waals surface area contributed by atoms with Gasteiger partial charge in [0, 0.05) is 6.42 Å². The molecule has 0 aromatic heterocycles. The monoisotopic (exact) mass is 190 g/mol. The summed E-state index contributed by atoms with van der Waals surface area (Å²) in [6.45, 7) is 2.10. The largest absolute Gasteiger partial charge is 0.335 e. The predicted molar refractivity (Wildman–Crippen MR) is 48.1 cm³/mol. The van der Waals surface area contributed by atoms with E-state index in [-0.39, 0.29) is 0 Å². The molecule has 3 nitrogen and oxygen atoms in total. The van der Waals surface area contributed by atoms with Crippen molar-refractivity contribution in [1.82, 2.24) is 0 Å². The molecular weight excluding hydrogens is 176 g/mol. The second-order valence-electron chi connectivity index (χ2n) is 2.56. The molecule has 0 bridgehead atoms. The smallest absolute Gasteiger partial charge is 0.276 e. The van der Waals surface area contributed by atoms with Gasteiger partial charge in [0.1, 0.15) is 0 Å². The molecule has 0 aromatic carbocycles. The van der Waals surface area contributed by atoms with Crippen molar-refractivity contribution in [2.45, 2.75) is 39.0 Å². The van der Waals surface area contributed by atoms with Crippen molar-refractivity contribution in [1.29, 1.82) is 0 Å². The Kier molecular flexibility index (Phi) is 5.77. The van der Waals surface area contributed by atoms with Crippen LogP contribution in [0.1, 0.15) is 39.0 Å². The molecule has 4 heteroatoms. The lowest BCUT2D eigenvalue weighted by molar-refractivity contribution is 0.496. The summed E-state index contributed by atoms with van der Waals surface area (Å²) in [6.07, 6.45) is 4.80. The molecule has 0 unspecified atom stereocenters. The van der Waals surface area contributed by atoms with Gasteiger partial charge < -0.3 is 0 Å². The van der Waals surface area contributed by atoms with Crippen LogP contribution in [-0.2, 0) is 10.1 Å². The Balaban J connectivity index is 3.47. The van der Waals surface area contributed by atoms with Crippen LogP contribution < -0.4 is 0 Å². The average molecular weight is 190 g/mol. The summed E-state index contributed by atoms with van der Waals surface area (Å²) in [7, 11) is -4.08. The van der Waals surface area contributed by atoms with Crippen molar-refractivity contribution in [3.05, 3.63) is 0 Å². The minimum absolute atomic E-state index is 0.541. The van der Waals surface area contributed by atoms with Gasteiger partial charge in [-0.1, -0.05) is 32.1 Å². The van der Waals surface area contributed by atoms with Crippen LogP contribution in [0.3, 0.4) is 0 Å². The summed E-state index contributed by atoms with van der Waals surface area (Å²) in [5.74, 6) is 2.40. The fraction of sp³-hybridized carbons (Fsp3) is 0.750. The van der Waals surface area contributed by atoms with Crippen LogP contribution in [0.2, 0.25) is 0 Å². The zero-order valence-electron chi connectivity index (χ0n) is 7.21. The van der Waals surface area contributed by atoms with E-state index in [0.29, 0.717) is 6.42 Å². The van der Waals surface area contributed by atoms with Gasteiger partial charge in [-0.15, -0.1) is 0 Å². The van der Waals surface area contributed by atoms with E-state index >= 15 is 0 Å². The second kappa shape index (κ2) is 6.04. The summed E-state index contributed by atoms with van der Waals surface area (Å²) in [5, 5.41) is 1.78. The van der Waals surface area contributed by atoms with Gasteiger partial charge in [0.05, 0.1) is 5.25 Å². The van der Waals surface area contributed by atoms with E-state index < -0.39 is 10.1 Å². The van der Waals surface area contributed by atoms with E-state index in [9.17, 15) is 8.42 Å². The highest BCUT2D eigenvalue weighted by Gasteiger charge is 1.92. The summed E-state index contributed by atoms with van der Waals surface area (Å²) in [5.41, 5.74) is 0. The Morgan fingerprint density at radius 2 is 1.92 bits per heavy atom. The van der Waals surface area contributed by atoms with Gasteiger partial charge in [-0.05, 0) is 6.42 Å². The van der Waals surface area contributed by atoms with Gasteiger partial charge in [-0.25, -0.2) is 0 Å². The quantitative estimate of drug-likeness (QED) is 0.418. The van der Waals surface area contributed by atoms with Crippen LogP contribution in [-0.4, -0.2) is 13.0 Å². The summed E-state index contributed by atoms with van der Waals surface area (Å²) in [6, 6.07) is 0. The van der Waals surface area contributed by atoms with Crippen LogP contribution in [0.5, 0.6) is 0 Å². The molecule has 0 aromatic rings. The van der Waals surface area contributed by atoms with E-state index in [2.05, 4.69) is 12.8 Å². The lowest BCUT2D eigenvalue weighted by Crippen LogP contribution is -1.89. The molecule has 0 amide bonds. The Labute approximate surface area is 73.9 Å². The maximum atomic E-state index is 10.1. The molecule has 0 atom stereocenters. The van der Waals surface area contributed by atoms with Crippen molar-refractivity contribution in [3.8, 4) is 11.2 Å². The highest BCUT2D eigenvalue weighted by Crippen LogP contribution is 2.00. The van der Waals surface area contributed by atoms with Gasteiger partial charge in [-0.2, -0.15) is 8.42 Å². The fourth-order valence-corrected chi connectivity index (χ4v) is 1.07. The molecular formula is C8H14O3S. The third-order valence-electron chi connectivity index (χ3n) is 1.36. The summed E-state index contributed by atoms with van der Waals surface area (Å²) in [4.78, 5) is 0. The summed E-state index contributed by atoms with van der Waals surface area (Å²) >= 11 is 0. The number of hydrogen-bond donors (Lipinski definition) is 1. The van der Waals surface area contributed by atoms with Gasteiger partial charge in [0.15, 0.2) is 0 Å². The third-order valence-corrected chi connectivity index (χ3v) is 1.76. The Hall–Kier alpha value is -0.530. The first-order valence-corrected chi connectivity index (χ1v) is 5.47. The topological polar surface area (TPSA) is 54.4 Å². The molecule has 12 heavy (non-hydrogen) atoms. The van der Waals surface area contributed by atoms with E-state index in [1.807, 2.05) is 0 Å². The highest BCUT2D eigenvalue weighted by molar-refractivity contribution is 7.90. The summed E-state index contributed by atoms with van der Waals surface area (Å²) < 4.78 is 28.4. The molecule has 0 aliphatic heterocycles. The average Bonchev–Trinajstić information content (AvgIpc) is 1.94. The molecule has 70 valence electrons. The normalized spacial score (nSPS) is 10.5. The number of rotatable bonds is 4. The lowest BCUT2D eigenvalue weighted by atomic mass is 10.2. The molecule has 1 N–H and O–H groups in total. The van der Waals surface area contributed by atoms with E-state index in [1.54, 1.807) is 5.25 Å². The SMILES string of the molecule is CCCCCCC#CS(=O)(=O)O.